The third-order valence-electron chi connectivity index (χ3n) is 3.71. The molecule has 1 heterocycles. The molecule has 1 aromatic carbocycles. The van der Waals surface area contributed by atoms with Gasteiger partial charge in [-0.15, -0.1) is 13.2 Å². The molecule has 2 rings (SSSR count). The molecule has 0 amide bonds. The van der Waals surface area contributed by atoms with Crippen LogP contribution in [-0.4, -0.2) is 43.3 Å². The molecule has 11 heteroatoms. The van der Waals surface area contributed by atoms with Crippen molar-refractivity contribution in [2.75, 3.05) is 13.1 Å². The first-order valence-corrected chi connectivity index (χ1v) is 8.09. The summed E-state index contributed by atoms with van der Waals surface area (Å²) in [7, 11) is -4.71. The third-order valence-corrected chi connectivity index (χ3v) is 5.61. The van der Waals surface area contributed by atoms with Gasteiger partial charge in [0.05, 0.1) is 5.41 Å². The lowest BCUT2D eigenvalue weighted by molar-refractivity contribution is -0.275. The number of hydrogen-bond donors (Lipinski definition) is 1. The van der Waals surface area contributed by atoms with Crippen molar-refractivity contribution in [2.45, 2.75) is 24.6 Å². The summed E-state index contributed by atoms with van der Waals surface area (Å²) in [5, 5.41) is 9.12. The predicted octanol–water partition coefficient (Wildman–Crippen LogP) is 2.21. The molecule has 0 saturated carbocycles. The minimum absolute atomic E-state index is 0.0501. The average molecular weight is 371 g/mol. The number of aliphatic carboxylic acids is 1. The Balaban J connectivity index is 2.46. The number of ether oxygens (including phenoxy) is 1. The Morgan fingerprint density at radius 2 is 2.00 bits per heavy atom. The summed E-state index contributed by atoms with van der Waals surface area (Å²) in [6.45, 7) is 0.564. The summed E-state index contributed by atoms with van der Waals surface area (Å²) in [4.78, 5) is 9.92. The van der Waals surface area contributed by atoms with Crippen molar-refractivity contribution in [3.05, 3.63) is 24.0 Å². The van der Waals surface area contributed by atoms with Gasteiger partial charge in [0.1, 0.15) is 5.82 Å². The number of hydrogen-bond acceptors (Lipinski definition) is 4. The van der Waals surface area contributed by atoms with Gasteiger partial charge in [0, 0.05) is 13.1 Å². The fourth-order valence-electron chi connectivity index (χ4n) is 2.37. The number of carbonyl (C=O) groups is 1. The molecule has 1 aromatic rings. The summed E-state index contributed by atoms with van der Waals surface area (Å²) >= 11 is 0. The van der Waals surface area contributed by atoms with Crippen LogP contribution in [0.25, 0.3) is 0 Å². The Hall–Kier alpha value is -1.88. The van der Waals surface area contributed by atoms with E-state index >= 15 is 0 Å². The first-order chi connectivity index (χ1) is 10.9. The van der Waals surface area contributed by atoms with E-state index < -0.39 is 50.8 Å². The molecule has 24 heavy (non-hydrogen) atoms. The molecule has 0 aliphatic carbocycles. The van der Waals surface area contributed by atoms with Crippen molar-refractivity contribution in [1.29, 1.82) is 0 Å². The highest BCUT2D eigenvalue weighted by Gasteiger charge is 2.46. The predicted molar refractivity (Wildman–Crippen MR) is 72.2 cm³/mol. The second kappa shape index (κ2) is 5.88. The maximum atomic E-state index is 14.0. The lowest BCUT2D eigenvalue weighted by Gasteiger charge is -2.21. The van der Waals surface area contributed by atoms with E-state index in [-0.39, 0.29) is 13.0 Å². The van der Waals surface area contributed by atoms with E-state index in [1.807, 2.05) is 0 Å². The Bertz CT molecular complexity index is 764. The van der Waals surface area contributed by atoms with E-state index in [4.69, 9.17) is 5.11 Å². The molecule has 0 radical (unpaired) electrons. The highest BCUT2D eigenvalue weighted by Crippen LogP contribution is 2.38. The highest BCUT2D eigenvalue weighted by molar-refractivity contribution is 7.89. The molecular formula is C13H13F4NO5S. The highest BCUT2D eigenvalue weighted by atomic mass is 32.2. The van der Waals surface area contributed by atoms with Gasteiger partial charge in [0.2, 0.25) is 10.0 Å². The number of rotatable bonds is 4. The standard InChI is InChI=1S/C13H13F4NO5S/c1-12(11(19)20)5-6-18(7-12)24(21,22)10-8(14)3-2-4-9(10)23-13(15,16)17/h2-4H,5-7H2,1H3,(H,19,20). The normalized spacial score (nSPS) is 22.5. The smallest absolute Gasteiger partial charge is 0.481 e. The quantitative estimate of drug-likeness (QED) is 0.821. The lowest BCUT2D eigenvalue weighted by Crippen LogP contribution is -2.35. The molecule has 0 bridgehead atoms. The molecule has 1 fully saturated rings. The number of halogens is 4. The van der Waals surface area contributed by atoms with Crippen LogP contribution in [-0.2, 0) is 14.8 Å². The van der Waals surface area contributed by atoms with Gasteiger partial charge in [-0.2, -0.15) is 4.31 Å². The Labute approximate surface area is 134 Å². The fourth-order valence-corrected chi connectivity index (χ4v) is 4.10. The monoisotopic (exact) mass is 371 g/mol. The van der Waals surface area contributed by atoms with Crippen LogP contribution in [0.4, 0.5) is 17.6 Å². The van der Waals surface area contributed by atoms with Crippen LogP contribution in [0.2, 0.25) is 0 Å². The van der Waals surface area contributed by atoms with E-state index in [0.717, 1.165) is 6.07 Å². The summed E-state index contributed by atoms with van der Waals surface area (Å²) in [6.07, 6.45) is -5.26. The molecule has 6 nitrogen and oxygen atoms in total. The molecule has 1 N–H and O–H groups in total. The third kappa shape index (κ3) is 3.46. The number of carboxylic acid groups (broad SMARTS) is 1. The van der Waals surface area contributed by atoms with Crippen molar-refractivity contribution in [3.8, 4) is 5.75 Å². The Morgan fingerprint density at radius 3 is 2.50 bits per heavy atom. The number of alkyl halides is 3. The van der Waals surface area contributed by atoms with Gasteiger partial charge < -0.3 is 9.84 Å². The number of carboxylic acids is 1. The number of sulfonamides is 1. The SMILES string of the molecule is CC1(C(=O)O)CCN(S(=O)(=O)c2c(F)cccc2OC(F)(F)F)C1. The van der Waals surface area contributed by atoms with Crippen LogP contribution in [0, 0.1) is 11.2 Å². The molecule has 1 aliphatic heterocycles. The molecule has 1 unspecified atom stereocenters. The summed E-state index contributed by atoms with van der Waals surface area (Å²) < 4.78 is 80.5. The van der Waals surface area contributed by atoms with Crippen LogP contribution < -0.4 is 4.74 Å². The van der Waals surface area contributed by atoms with E-state index in [1.165, 1.54) is 6.92 Å². The van der Waals surface area contributed by atoms with E-state index in [2.05, 4.69) is 4.74 Å². The number of nitrogens with zero attached hydrogens (tertiary/aromatic N) is 1. The van der Waals surface area contributed by atoms with Crippen molar-refractivity contribution in [1.82, 2.24) is 4.31 Å². The minimum atomic E-state index is -5.21. The molecule has 1 saturated heterocycles. The fraction of sp³-hybridized carbons (Fsp3) is 0.462. The van der Waals surface area contributed by atoms with Gasteiger partial charge in [0.25, 0.3) is 0 Å². The van der Waals surface area contributed by atoms with Gasteiger partial charge in [-0.25, -0.2) is 12.8 Å². The molecular weight excluding hydrogens is 358 g/mol. The first kappa shape index (κ1) is 18.5. The van der Waals surface area contributed by atoms with E-state index in [0.29, 0.717) is 16.4 Å². The first-order valence-electron chi connectivity index (χ1n) is 6.65. The lowest BCUT2D eigenvalue weighted by atomic mass is 9.90. The van der Waals surface area contributed by atoms with Crippen LogP contribution in [0.3, 0.4) is 0 Å². The second-order valence-electron chi connectivity index (χ2n) is 5.57. The van der Waals surface area contributed by atoms with E-state index in [9.17, 15) is 30.8 Å². The van der Waals surface area contributed by atoms with Gasteiger partial charge >= 0.3 is 12.3 Å². The second-order valence-corrected chi connectivity index (χ2v) is 7.44. The number of benzene rings is 1. The maximum Gasteiger partial charge on any atom is 0.573 e. The zero-order chi connectivity index (χ0) is 18.3. The Kier molecular flexibility index (Phi) is 4.53. The average Bonchev–Trinajstić information content (AvgIpc) is 2.81. The zero-order valence-electron chi connectivity index (χ0n) is 12.3. The van der Waals surface area contributed by atoms with Crippen molar-refractivity contribution < 1.29 is 40.6 Å². The molecule has 134 valence electrons. The van der Waals surface area contributed by atoms with Crippen molar-refractivity contribution in [2.24, 2.45) is 5.41 Å². The van der Waals surface area contributed by atoms with Crippen molar-refractivity contribution >= 4 is 16.0 Å². The van der Waals surface area contributed by atoms with Gasteiger partial charge in [-0.1, -0.05) is 6.07 Å². The molecule has 0 aromatic heterocycles. The molecule has 0 spiro atoms. The van der Waals surface area contributed by atoms with Crippen LogP contribution in [0.15, 0.2) is 23.1 Å². The molecule has 1 atom stereocenters. The summed E-state index contributed by atoms with van der Waals surface area (Å²) in [6, 6.07) is 2.24. The van der Waals surface area contributed by atoms with Gasteiger partial charge in [-0.05, 0) is 25.5 Å². The Morgan fingerprint density at radius 1 is 1.38 bits per heavy atom. The van der Waals surface area contributed by atoms with Crippen LogP contribution >= 0.6 is 0 Å². The summed E-state index contributed by atoms with van der Waals surface area (Å²) in [5.74, 6) is -3.87. The van der Waals surface area contributed by atoms with Crippen LogP contribution in [0.5, 0.6) is 5.75 Å². The van der Waals surface area contributed by atoms with Crippen LogP contribution in [0.1, 0.15) is 13.3 Å². The van der Waals surface area contributed by atoms with Crippen molar-refractivity contribution in [3.63, 3.8) is 0 Å². The molecule has 1 aliphatic rings. The zero-order valence-corrected chi connectivity index (χ0v) is 13.1. The minimum Gasteiger partial charge on any atom is -0.481 e. The van der Waals surface area contributed by atoms with E-state index in [1.54, 1.807) is 0 Å². The van der Waals surface area contributed by atoms with Gasteiger partial charge in [-0.3, -0.25) is 4.79 Å². The summed E-state index contributed by atoms with van der Waals surface area (Å²) in [5.41, 5.74) is -1.40. The topological polar surface area (TPSA) is 83.9 Å². The maximum absolute atomic E-state index is 14.0. The van der Waals surface area contributed by atoms with Gasteiger partial charge in [0.15, 0.2) is 10.6 Å². The largest absolute Gasteiger partial charge is 0.573 e.